The fraction of sp³-hybridized carbons (Fsp3) is 0.538. The van der Waals surface area contributed by atoms with E-state index in [-0.39, 0.29) is 23.3 Å². The number of nitrogens with two attached hydrogens (primary N) is 1. The van der Waals surface area contributed by atoms with Gasteiger partial charge in [-0.1, -0.05) is 25.0 Å². The summed E-state index contributed by atoms with van der Waals surface area (Å²) in [5.74, 6) is 0.363. The van der Waals surface area contributed by atoms with Gasteiger partial charge in [-0.2, -0.15) is 0 Å². The fourth-order valence-electron chi connectivity index (χ4n) is 2.62. The van der Waals surface area contributed by atoms with Gasteiger partial charge in [-0.25, -0.2) is 13.1 Å². The number of hydrogen-bond donors (Lipinski definition) is 2. The molecule has 1 atom stereocenters. The topological polar surface area (TPSA) is 72.2 Å². The minimum Gasteiger partial charge on any atom is -0.329 e. The standard InChI is InChI=1S/C13H19BrN2O2S.ClH/c14-11-7-3-4-8-13(11)19(17,18)16-12(9-15)10-5-1-2-6-10;/h3-4,7-8,10,12,16H,1-2,5-6,9,15H2;1H. The lowest BCUT2D eigenvalue weighted by Crippen LogP contribution is -2.44. The van der Waals surface area contributed by atoms with Gasteiger partial charge in [0, 0.05) is 17.1 Å². The van der Waals surface area contributed by atoms with Gasteiger partial charge in [-0.05, 0) is 46.8 Å². The molecule has 0 spiro atoms. The van der Waals surface area contributed by atoms with Gasteiger partial charge in [0.15, 0.2) is 0 Å². The van der Waals surface area contributed by atoms with E-state index in [4.69, 9.17) is 5.73 Å². The van der Waals surface area contributed by atoms with Gasteiger partial charge >= 0.3 is 0 Å². The Hall–Kier alpha value is -0.140. The summed E-state index contributed by atoms with van der Waals surface area (Å²) in [4.78, 5) is 0.270. The van der Waals surface area contributed by atoms with Crippen molar-refractivity contribution in [2.24, 2.45) is 11.7 Å². The molecule has 0 aromatic heterocycles. The van der Waals surface area contributed by atoms with E-state index in [0.717, 1.165) is 25.7 Å². The first-order chi connectivity index (χ1) is 9.04. The molecule has 0 heterocycles. The molecule has 1 aromatic carbocycles. The van der Waals surface area contributed by atoms with Crippen molar-refractivity contribution < 1.29 is 8.42 Å². The summed E-state index contributed by atoms with van der Waals surface area (Å²) in [7, 11) is -3.52. The van der Waals surface area contributed by atoms with E-state index < -0.39 is 10.0 Å². The number of rotatable bonds is 5. The maximum absolute atomic E-state index is 12.4. The summed E-state index contributed by atoms with van der Waals surface area (Å²) in [5.41, 5.74) is 5.74. The van der Waals surface area contributed by atoms with Crippen LogP contribution in [0.5, 0.6) is 0 Å². The molecule has 0 aliphatic heterocycles. The molecular weight excluding hydrogens is 364 g/mol. The molecule has 1 unspecified atom stereocenters. The molecule has 0 bridgehead atoms. The van der Waals surface area contributed by atoms with Crippen LogP contribution in [-0.2, 0) is 10.0 Å². The first-order valence-electron chi connectivity index (χ1n) is 6.51. The summed E-state index contributed by atoms with van der Waals surface area (Å²) in [6.07, 6.45) is 4.44. The van der Waals surface area contributed by atoms with Crippen LogP contribution in [0.15, 0.2) is 33.6 Å². The molecular formula is C13H20BrClN2O2S. The molecule has 20 heavy (non-hydrogen) atoms. The van der Waals surface area contributed by atoms with Crippen molar-refractivity contribution in [1.82, 2.24) is 4.72 Å². The molecule has 3 N–H and O–H groups in total. The zero-order chi connectivity index (χ0) is 13.9. The summed E-state index contributed by atoms with van der Waals surface area (Å²) < 4.78 is 28.1. The Bertz CT molecular complexity index is 533. The number of hydrogen-bond acceptors (Lipinski definition) is 3. The Morgan fingerprint density at radius 2 is 1.90 bits per heavy atom. The van der Waals surface area contributed by atoms with Gasteiger partial charge in [-0.15, -0.1) is 12.4 Å². The van der Waals surface area contributed by atoms with Crippen molar-refractivity contribution in [3.8, 4) is 0 Å². The van der Waals surface area contributed by atoms with E-state index >= 15 is 0 Å². The second-order valence-electron chi connectivity index (χ2n) is 4.94. The summed E-state index contributed by atoms with van der Waals surface area (Å²) in [6, 6.07) is 6.66. The highest BCUT2D eigenvalue weighted by molar-refractivity contribution is 9.10. The van der Waals surface area contributed by atoms with E-state index in [9.17, 15) is 8.42 Å². The number of sulfonamides is 1. The second-order valence-corrected chi connectivity index (χ2v) is 7.48. The van der Waals surface area contributed by atoms with Crippen LogP contribution in [0.3, 0.4) is 0 Å². The second kappa shape index (κ2) is 7.75. The van der Waals surface area contributed by atoms with Crippen LogP contribution in [0.2, 0.25) is 0 Å². The zero-order valence-electron chi connectivity index (χ0n) is 11.1. The quantitative estimate of drug-likeness (QED) is 0.821. The number of nitrogens with one attached hydrogen (secondary N) is 1. The molecule has 7 heteroatoms. The molecule has 1 aliphatic rings. The Balaban J connectivity index is 0.00000200. The van der Waals surface area contributed by atoms with E-state index in [2.05, 4.69) is 20.7 Å². The normalized spacial score (nSPS) is 17.7. The fourth-order valence-corrected chi connectivity index (χ4v) is 4.94. The third kappa shape index (κ3) is 4.18. The summed E-state index contributed by atoms with van der Waals surface area (Å²) in [6.45, 7) is 0.342. The van der Waals surface area contributed by atoms with Gasteiger partial charge in [-0.3, -0.25) is 0 Å². The number of halogens is 2. The van der Waals surface area contributed by atoms with E-state index in [1.54, 1.807) is 24.3 Å². The van der Waals surface area contributed by atoms with Gasteiger partial charge in [0.2, 0.25) is 10.0 Å². The van der Waals surface area contributed by atoms with E-state index in [1.165, 1.54) is 0 Å². The van der Waals surface area contributed by atoms with Crippen molar-refractivity contribution in [3.63, 3.8) is 0 Å². The number of benzene rings is 1. The molecule has 4 nitrogen and oxygen atoms in total. The third-order valence-corrected chi connectivity index (χ3v) is 6.16. The largest absolute Gasteiger partial charge is 0.329 e. The Kier molecular flexibility index (Phi) is 6.94. The van der Waals surface area contributed by atoms with Crippen LogP contribution >= 0.6 is 28.3 Å². The first kappa shape index (κ1) is 17.9. The van der Waals surface area contributed by atoms with Crippen molar-refractivity contribution in [3.05, 3.63) is 28.7 Å². The minimum atomic E-state index is -3.52. The molecule has 1 fully saturated rings. The predicted octanol–water partition coefficient (Wildman–Crippen LogP) is 2.67. The lowest BCUT2D eigenvalue weighted by atomic mass is 9.99. The molecule has 1 saturated carbocycles. The van der Waals surface area contributed by atoms with Gasteiger partial charge in [0.05, 0.1) is 4.90 Å². The zero-order valence-corrected chi connectivity index (χ0v) is 14.3. The van der Waals surface area contributed by atoms with Crippen molar-refractivity contribution in [2.45, 2.75) is 36.6 Å². The van der Waals surface area contributed by atoms with Gasteiger partial charge in [0.25, 0.3) is 0 Å². The van der Waals surface area contributed by atoms with Crippen LogP contribution in [0.4, 0.5) is 0 Å². The highest BCUT2D eigenvalue weighted by atomic mass is 79.9. The van der Waals surface area contributed by atoms with Crippen LogP contribution < -0.4 is 10.5 Å². The molecule has 2 rings (SSSR count). The third-order valence-electron chi connectivity index (χ3n) is 3.66. The summed E-state index contributed by atoms with van der Waals surface area (Å²) in [5, 5.41) is 0. The minimum absolute atomic E-state index is 0. The predicted molar refractivity (Wildman–Crippen MR) is 86.5 cm³/mol. The Morgan fingerprint density at radius 1 is 1.30 bits per heavy atom. The van der Waals surface area contributed by atoms with Crippen molar-refractivity contribution >= 4 is 38.4 Å². The molecule has 114 valence electrons. The molecule has 1 aromatic rings. The van der Waals surface area contributed by atoms with Crippen molar-refractivity contribution in [2.75, 3.05) is 6.54 Å². The Labute approximate surface area is 135 Å². The molecule has 0 amide bonds. The van der Waals surface area contributed by atoms with Gasteiger partial charge < -0.3 is 5.73 Å². The lowest BCUT2D eigenvalue weighted by Gasteiger charge is -2.23. The molecule has 0 radical (unpaired) electrons. The van der Waals surface area contributed by atoms with Crippen molar-refractivity contribution in [1.29, 1.82) is 0 Å². The van der Waals surface area contributed by atoms with Crippen LogP contribution in [0.25, 0.3) is 0 Å². The smallest absolute Gasteiger partial charge is 0.241 e. The lowest BCUT2D eigenvalue weighted by molar-refractivity contribution is 0.405. The van der Waals surface area contributed by atoms with E-state index in [1.807, 2.05) is 0 Å². The highest BCUT2D eigenvalue weighted by Crippen LogP contribution is 2.29. The Morgan fingerprint density at radius 3 is 2.45 bits per heavy atom. The van der Waals surface area contributed by atoms with Crippen LogP contribution in [0, 0.1) is 5.92 Å². The average molecular weight is 384 g/mol. The average Bonchev–Trinajstić information content (AvgIpc) is 2.90. The molecule has 1 aliphatic carbocycles. The SMILES string of the molecule is Cl.NCC(NS(=O)(=O)c1ccccc1Br)C1CCCC1. The first-order valence-corrected chi connectivity index (χ1v) is 8.79. The maximum atomic E-state index is 12.4. The highest BCUT2D eigenvalue weighted by Gasteiger charge is 2.29. The summed E-state index contributed by atoms with van der Waals surface area (Å²) >= 11 is 3.28. The van der Waals surface area contributed by atoms with Gasteiger partial charge in [0.1, 0.15) is 0 Å². The monoisotopic (exact) mass is 382 g/mol. The van der Waals surface area contributed by atoms with E-state index in [0.29, 0.717) is 16.9 Å². The van der Waals surface area contributed by atoms with Crippen LogP contribution in [-0.4, -0.2) is 21.0 Å². The maximum Gasteiger partial charge on any atom is 0.241 e. The van der Waals surface area contributed by atoms with Crippen LogP contribution in [0.1, 0.15) is 25.7 Å². The molecule has 0 saturated heterocycles.